The highest BCUT2D eigenvalue weighted by molar-refractivity contribution is 6.16. The summed E-state index contributed by atoms with van der Waals surface area (Å²) in [4.78, 5) is 14.7. The van der Waals surface area contributed by atoms with Gasteiger partial charge in [-0.25, -0.2) is 15.0 Å². The average Bonchev–Trinajstić information content (AvgIpc) is 2.97. The van der Waals surface area contributed by atoms with Crippen LogP contribution in [0.3, 0.4) is 0 Å². The Balaban J connectivity index is 1.37. The normalized spacial score (nSPS) is 13.1. The van der Waals surface area contributed by atoms with Gasteiger partial charge in [-0.3, -0.25) is 0 Å². The second kappa shape index (κ2) is 8.65. The number of nitrogens with zero attached hydrogens (tertiary/aromatic N) is 3. The standard InChI is InChI=1S/C34H23N3/c1-22-29(31-20-25-16-8-9-17-26(25)27-18-10-11-19-28(27)31)21-30(22)34-36-32(23-12-4-2-5-13-23)35-33(37-34)24-14-6-3-7-15-24/h2-21H,1H3. The van der Waals surface area contributed by atoms with Crippen LogP contribution in [0.15, 0.2) is 127 Å². The maximum Gasteiger partial charge on any atom is 0.164 e. The largest absolute Gasteiger partial charge is 0.208 e. The van der Waals surface area contributed by atoms with Gasteiger partial charge in [-0.05, 0) is 57.3 Å². The molecule has 37 heavy (non-hydrogen) atoms. The molecule has 0 aliphatic heterocycles. The van der Waals surface area contributed by atoms with E-state index < -0.39 is 0 Å². The first-order chi connectivity index (χ1) is 18.3. The summed E-state index contributed by atoms with van der Waals surface area (Å²) in [5, 5.41) is 5.06. The van der Waals surface area contributed by atoms with E-state index >= 15 is 0 Å². The molecule has 0 atom stereocenters. The van der Waals surface area contributed by atoms with Gasteiger partial charge in [0.25, 0.3) is 0 Å². The lowest BCUT2D eigenvalue weighted by atomic mass is 9.82. The Kier molecular flexibility index (Phi) is 5.00. The van der Waals surface area contributed by atoms with E-state index in [0.717, 1.165) is 16.7 Å². The topological polar surface area (TPSA) is 38.7 Å². The lowest BCUT2D eigenvalue weighted by molar-refractivity contribution is 1.03. The van der Waals surface area contributed by atoms with Crippen molar-refractivity contribution in [1.82, 2.24) is 15.0 Å². The number of aromatic nitrogens is 3. The molecule has 5 aromatic carbocycles. The van der Waals surface area contributed by atoms with Gasteiger partial charge in [-0.15, -0.1) is 0 Å². The van der Waals surface area contributed by atoms with Crippen molar-refractivity contribution in [3.8, 4) is 22.8 Å². The fourth-order valence-corrected chi connectivity index (χ4v) is 5.15. The molecule has 1 aliphatic carbocycles. The molecule has 3 nitrogen and oxygen atoms in total. The van der Waals surface area contributed by atoms with Gasteiger partial charge in [0, 0.05) is 16.7 Å². The summed E-state index contributed by atoms with van der Waals surface area (Å²) < 4.78 is 0. The van der Waals surface area contributed by atoms with Crippen molar-refractivity contribution in [2.45, 2.75) is 6.92 Å². The van der Waals surface area contributed by atoms with Gasteiger partial charge in [-0.1, -0.05) is 109 Å². The summed E-state index contributed by atoms with van der Waals surface area (Å²) in [6.45, 7) is 2.17. The zero-order valence-corrected chi connectivity index (χ0v) is 20.4. The van der Waals surface area contributed by atoms with Gasteiger partial charge in [-0.2, -0.15) is 0 Å². The van der Waals surface area contributed by atoms with Crippen molar-refractivity contribution >= 4 is 32.7 Å². The third-order valence-electron chi connectivity index (χ3n) is 7.10. The molecule has 0 amide bonds. The Morgan fingerprint density at radius 1 is 0.486 bits per heavy atom. The van der Waals surface area contributed by atoms with E-state index in [1.54, 1.807) is 0 Å². The van der Waals surface area contributed by atoms with E-state index in [0.29, 0.717) is 17.5 Å². The summed E-state index contributed by atoms with van der Waals surface area (Å²) in [6, 6.07) is 39.8. The molecule has 0 fully saturated rings. The minimum absolute atomic E-state index is 0.683. The SMILES string of the molecule is CC1=C(c2cc3ccccc3c3ccccc23)C=C1c1nc(-c2ccccc2)nc(-c2ccccc2)n1. The highest BCUT2D eigenvalue weighted by Gasteiger charge is 2.24. The fraction of sp³-hybridized carbons (Fsp3) is 0.0294. The summed E-state index contributed by atoms with van der Waals surface area (Å²) in [6.07, 6.45) is 2.23. The molecule has 1 aliphatic rings. The second-order valence-corrected chi connectivity index (χ2v) is 9.33. The smallest absolute Gasteiger partial charge is 0.164 e. The molecular formula is C34H23N3. The van der Waals surface area contributed by atoms with E-state index in [9.17, 15) is 0 Å². The fourth-order valence-electron chi connectivity index (χ4n) is 5.15. The quantitative estimate of drug-likeness (QED) is 0.241. The highest BCUT2D eigenvalue weighted by Crippen LogP contribution is 2.43. The Hall–Kier alpha value is -4.89. The van der Waals surface area contributed by atoms with Crippen LogP contribution in [0.1, 0.15) is 18.3 Å². The van der Waals surface area contributed by atoms with Crippen molar-refractivity contribution < 1.29 is 0 Å². The number of fused-ring (bicyclic) bond motifs is 3. The summed E-state index contributed by atoms with van der Waals surface area (Å²) >= 11 is 0. The molecule has 3 heteroatoms. The van der Waals surface area contributed by atoms with Gasteiger partial charge < -0.3 is 0 Å². The monoisotopic (exact) mass is 473 g/mol. The molecule has 1 heterocycles. The summed E-state index contributed by atoms with van der Waals surface area (Å²) in [7, 11) is 0. The number of allylic oxidation sites excluding steroid dienone is 4. The van der Waals surface area contributed by atoms with Crippen LogP contribution in [-0.4, -0.2) is 15.0 Å². The number of hydrogen-bond donors (Lipinski definition) is 0. The molecule has 174 valence electrons. The molecule has 6 aromatic rings. The van der Waals surface area contributed by atoms with Crippen LogP contribution in [0, 0.1) is 0 Å². The predicted molar refractivity (Wildman–Crippen MR) is 153 cm³/mol. The lowest BCUT2D eigenvalue weighted by Gasteiger charge is -2.23. The first kappa shape index (κ1) is 21.4. The Morgan fingerprint density at radius 3 is 1.62 bits per heavy atom. The Bertz CT molecular complexity index is 1810. The molecule has 0 spiro atoms. The molecular weight excluding hydrogens is 450 g/mol. The molecule has 0 saturated heterocycles. The molecule has 0 unspecified atom stereocenters. The number of hydrogen-bond acceptors (Lipinski definition) is 3. The maximum atomic E-state index is 4.92. The molecule has 0 N–H and O–H groups in total. The maximum absolute atomic E-state index is 4.92. The van der Waals surface area contributed by atoms with Crippen molar-refractivity contribution in [3.63, 3.8) is 0 Å². The molecule has 0 bridgehead atoms. The third-order valence-corrected chi connectivity index (χ3v) is 7.10. The van der Waals surface area contributed by atoms with E-state index in [1.807, 2.05) is 60.7 Å². The molecule has 7 rings (SSSR count). The second-order valence-electron chi connectivity index (χ2n) is 9.33. The van der Waals surface area contributed by atoms with Crippen molar-refractivity contribution in [2.24, 2.45) is 0 Å². The lowest BCUT2D eigenvalue weighted by Crippen LogP contribution is -2.08. The van der Waals surface area contributed by atoms with Crippen LogP contribution < -0.4 is 0 Å². The number of rotatable bonds is 4. The van der Waals surface area contributed by atoms with E-state index in [1.165, 1.54) is 38.3 Å². The van der Waals surface area contributed by atoms with Crippen LogP contribution in [0.25, 0.3) is 55.5 Å². The average molecular weight is 474 g/mol. The van der Waals surface area contributed by atoms with E-state index in [-0.39, 0.29) is 0 Å². The highest BCUT2D eigenvalue weighted by atomic mass is 15.0. The molecule has 1 aromatic heterocycles. The van der Waals surface area contributed by atoms with Gasteiger partial charge in [0.05, 0.1) is 0 Å². The molecule has 0 radical (unpaired) electrons. The zero-order valence-electron chi connectivity index (χ0n) is 20.4. The van der Waals surface area contributed by atoms with Gasteiger partial charge >= 0.3 is 0 Å². The van der Waals surface area contributed by atoms with Crippen molar-refractivity contribution in [1.29, 1.82) is 0 Å². The van der Waals surface area contributed by atoms with Gasteiger partial charge in [0.15, 0.2) is 17.5 Å². The molecule has 0 saturated carbocycles. The van der Waals surface area contributed by atoms with Crippen LogP contribution >= 0.6 is 0 Å². The van der Waals surface area contributed by atoms with Crippen molar-refractivity contribution in [3.05, 3.63) is 138 Å². The minimum atomic E-state index is 0.683. The summed E-state index contributed by atoms with van der Waals surface area (Å²) in [5.41, 5.74) is 6.70. The number of benzene rings is 5. The predicted octanol–water partition coefficient (Wildman–Crippen LogP) is 8.38. The minimum Gasteiger partial charge on any atom is -0.208 e. The van der Waals surface area contributed by atoms with Crippen LogP contribution in [0.5, 0.6) is 0 Å². The van der Waals surface area contributed by atoms with Gasteiger partial charge in [0.1, 0.15) is 0 Å². The van der Waals surface area contributed by atoms with Crippen molar-refractivity contribution in [2.75, 3.05) is 0 Å². The van der Waals surface area contributed by atoms with Crippen LogP contribution in [0.4, 0.5) is 0 Å². The Labute approximate surface area is 215 Å². The van der Waals surface area contributed by atoms with Crippen LogP contribution in [0.2, 0.25) is 0 Å². The first-order valence-corrected chi connectivity index (χ1v) is 12.5. The van der Waals surface area contributed by atoms with Crippen LogP contribution in [-0.2, 0) is 0 Å². The van der Waals surface area contributed by atoms with E-state index in [4.69, 9.17) is 15.0 Å². The van der Waals surface area contributed by atoms with Gasteiger partial charge in [0.2, 0.25) is 0 Å². The first-order valence-electron chi connectivity index (χ1n) is 12.5. The Morgan fingerprint density at radius 2 is 1.00 bits per heavy atom. The third kappa shape index (κ3) is 3.64. The zero-order chi connectivity index (χ0) is 24.8. The summed E-state index contributed by atoms with van der Waals surface area (Å²) in [5.74, 6) is 2.07. The van der Waals surface area contributed by atoms with E-state index in [2.05, 4.69) is 67.6 Å².